The lowest BCUT2D eigenvalue weighted by Gasteiger charge is -2.27. The van der Waals surface area contributed by atoms with E-state index in [4.69, 9.17) is 9.47 Å². The second-order valence-corrected chi connectivity index (χ2v) is 5.28. The summed E-state index contributed by atoms with van der Waals surface area (Å²) < 4.78 is 10.5. The molecule has 7 nitrogen and oxygen atoms in total. The van der Waals surface area contributed by atoms with Gasteiger partial charge in [0.1, 0.15) is 6.23 Å². The van der Waals surface area contributed by atoms with Crippen LogP contribution >= 0.6 is 0 Å². The quantitative estimate of drug-likeness (QED) is 0.730. The minimum Gasteiger partial charge on any atom is -0.504 e. The number of methoxy groups -OCH3 is 2. The number of anilines is 1. The van der Waals surface area contributed by atoms with Gasteiger partial charge < -0.3 is 29.9 Å². The Labute approximate surface area is 122 Å². The van der Waals surface area contributed by atoms with Crippen molar-refractivity contribution in [3.05, 3.63) is 17.7 Å². The van der Waals surface area contributed by atoms with Crippen molar-refractivity contribution in [1.29, 1.82) is 0 Å². The maximum Gasteiger partial charge on any atom is 0.256 e. The smallest absolute Gasteiger partial charge is 0.256 e. The largest absolute Gasteiger partial charge is 0.504 e. The number of carbonyl (C=O) groups excluding carboxylic acids is 1. The van der Waals surface area contributed by atoms with Crippen molar-refractivity contribution >= 4 is 11.6 Å². The number of nitrogens with one attached hydrogen (secondary N) is 1. The molecule has 1 saturated heterocycles. The number of nitrogens with zero attached hydrogens (tertiary/aromatic N) is 1. The van der Waals surface area contributed by atoms with Crippen molar-refractivity contribution in [2.45, 2.75) is 24.8 Å². The van der Waals surface area contributed by atoms with Crippen LogP contribution < -0.4 is 10.1 Å². The van der Waals surface area contributed by atoms with Crippen LogP contribution in [-0.4, -0.2) is 60.2 Å². The highest BCUT2D eigenvalue weighted by molar-refractivity contribution is 6.01. The third kappa shape index (κ3) is 2.18. The molecule has 7 heteroatoms. The van der Waals surface area contributed by atoms with Gasteiger partial charge in [-0.1, -0.05) is 0 Å². The molecular weight excluding hydrogens is 276 g/mol. The summed E-state index contributed by atoms with van der Waals surface area (Å²) in [5.74, 6) is -0.0264. The minimum atomic E-state index is -0.557. The maximum absolute atomic E-state index is 12.7. The second kappa shape index (κ2) is 5.09. The van der Waals surface area contributed by atoms with Gasteiger partial charge in [-0.2, -0.15) is 0 Å². The van der Waals surface area contributed by atoms with E-state index >= 15 is 0 Å². The molecule has 1 aromatic rings. The van der Waals surface area contributed by atoms with Crippen molar-refractivity contribution in [1.82, 2.24) is 4.90 Å². The first-order valence-electron chi connectivity index (χ1n) is 6.74. The maximum atomic E-state index is 12.7. The zero-order valence-electron chi connectivity index (χ0n) is 11.9. The number of hydrogen-bond donors (Lipinski definition) is 3. The normalized spacial score (nSPS) is 27.7. The van der Waals surface area contributed by atoms with E-state index in [1.165, 1.54) is 19.2 Å². The molecule has 0 aliphatic carbocycles. The van der Waals surface area contributed by atoms with Crippen LogP contribution in [0.3, 0.4) is 0 Å². The van der Waals surface area contributed by atoms with E-state index in [1.807, 2.05) is 0 Å². The number of amides is 1. The summed E-state index contributed by atoms with van der Waals surface area (Å²) >= 11 is 0. The van der Waals surface area contributed by atoms with Crippen LogP contribution in [-0.2, 0) is 4.74 Å². The molecular formula is C14H18N2O5. The molecule has 1 unspecified atom stereocenters. The molecule has 2 heterocycles. The number of aromatic hydroxyl groups is 1. The van der Waals surface area contributed by atoms with Gasteiger partial charge in [-0.25, -0.2) is 0 Å². The zero-order valence-corrected chi connectivity index (χ0v) is 11.9. The molecule has 0 radical (unpaired) electrons. The van der Waals surface area contributed by atoms with Crippen LogP contribution in [0.25, 0.3) is 0 Å². The first-order valence-corrected chi connectivity index (χ1v) is 6.74. The van der Waals surface area contributed by atoms with E-state index < -0.39 is 12.3 Å². The van der Waals surface area contributed by atoms with Gasteiger partial charge in [0, 0.05) is 19.7 Å². The van der Waals surface area contributed by atoms with E-state index in [-0.39, 0.29) is 30.0 Å². The van der Waals surface area contributed by atoms with Crippen molar-refractivity contribution in [3.63, 3.8) is 0 Å². The molecule has 21 heavy (non-hydrogen) atoms. The summed E-state index contributed by atoms with van der Waals surface area (Å²) in [7, 11) is 2.97. The van der Waals surface area contributed by atoms with Gasteiger partial charge in [0.2, 0.25) is 0 Å². The molecule has 0 spiro atoms. The number of carbonyl (C=O) groups is 1. The Kier molecular flexibility index (Phi) is 3.38. The number of benzene rings is 1. The van der Waals surface area contributed by atoms with Crippen LogP contribution in [0.15, 0.2) is 12.1 Å². The molecule has 3 atom stereocenters. The number of fused-ring (bicyclic) bond motifs is 2. The van der Waals surface area contributed by atoms with E-state index in [2.05, 4.69) is 5.32 Å². The van der Waals surface area contributed by atoms with Gasteiger partial charge in [-0.05, 0) is 12.5 Å². The third-order valence-corrected chi connectivity index (χ3v) is 4.03. The average Bonchev–Trinajstić information content (AvgIpc) is 2.81. The Hall–Kier alpha value is -1.99. The Morgan fingerprint density at radius 2 is 2.14 bits per heavy atom. The fourth-order valence-corrected chi connectivity index (χ4v) is 3.01. The molecule has 1 fully saturated rings. The number of phenolic OH excluding ortho intramolecular Hbond substituents is 1. The molecule has 3 N–H and O–H groups in total. The summed E-state index contributed by atoms with van der Waals surface area (Å²) in [6, 6.07) is 2.70. The number of aliphatic hydroxyl groups is 1. The molecule has 0 saturated carbocycles. The highest BCUT2D eigenvalue weighted by Crippen LogP contribution is 2.37. The fourth-order valence-electron chi connectivity index (χ4n) is 3.01. The molecule has 0 bridgehead atoms. The van der Waals surface area contributed by atoms with E-state index in [0.717, 1.165) is 0 Å². The average molecular weight is 294 g/mol. The lowest BCUT2D eigenvalue weighted by molar-refractivity contribution is 0.0420. The van der Waals surface area contributed by atoms with Crippen LogP contribution in [0.1, 0.15) is 16.8 Å². The number of hydrogen-bond acceptors (Lipinski definition) is 6. The summed E-state index contributed by atoms with van der Waals surface area (Å²) in [5.41, 5.74) is 0.886. The first-order chi connectivity index (χ1) is 10.0. The zero-order chi connectivity index (χ0) is 15.1. The monoisotopic (exact) mass is 294 g/mol. The van der Waals surface area contributed by atoms with Gasteiger partial charge in [0.25, 0.3) is 5.91 Å². The van der Waals surface area contributed by atoms with Crippen molar-refractivity contribution < 1.29 is 24.5 Å². The standard InChI is InChI=1S/C14H18N2O5/c1-20-12-4-8-9(5-11(12)18)15-13(21-2)10-3-7(17)6-16(10)14(8)19/h4-5,7,10,13,15,17-18H,3,6H2,1-2H3/t7?,10-,13+/m0/s1. The predicted octanol–water partition coefficient (Wildman–Crippen LogP) is 0.374. The molecule has 3 rings (SSSR count). The number of rotatable bonds is 2. The van der Waals surface area contributed by atoms with Crippen molar-refractivity contribution in [2.24, 2.45) is 0 Å². The summed E-state index contributed by atoms with van der Waals surface area (Å²) in [4.78, 5) is 14.3. The highest BCUT2D eigenvalue weighted by Gasteiger charge is 2.43. The Morgan fingerprint density at radius 3 is 2.81 bits per heavy atom. The number of aliphatic hydroxyl groups excluding tert-OH is 1. The second-order valence-electron chi connectivity index (χ2n) is 5.28. The molecule has 1 amide bonds. The minimum absolute atomic E-state index is 0.0477. The Balaban J connectivity index is 2.08. The van der Waals surface area contributed by atoms with E-state index in [9.17, 15) is 15.0 Å². The molecule has 1 aromatic carbocycles. The summed E-state index contributed by atoms with van der Waals surface area (Å²) in [6.45, 7) is 0.271. The Morgan fingerprint density at radius 1 is 1.38 bits per heavy atom. The van der Waals surface area contributed by atoms with Crippen LogP contribution in [0, 0.1) is 0 Å². The SMILES string of the molecule is COc1cc2c(cc1O)N[C@H](OC)[C@@H]1CC(O)CN1C2=O. The molecule has 0 aromatic heterocycles. The Bertz CT molecular complexity index is 577. The van der Waals surface area contributed by atoms with Crippen LogP contribution in [0.5, 0.6) is 11.5 Å². The van der Waals surface area contributed by atoms with Crippen molar-refractivity contribution in [3.8, 4) is 11.5 Å². The first kappa shape index (κ1) is 14.0. The predicted molar refractivity (Wildman–Crippen MR) is 74.5 cm³/mol. The molecule has 2 aliphatic rings. The topological polar surface area (TPSA) is 91.3 Å². The molecule has 2 aliphatic heterocycles. The summed E-state index contributed by atoms with van der Waals surface area (Å²) in [6.07, 6.45) is -0.548. The lowest BCUT2D eigenvalue weighted by Crippen LogP contribution is -2.44. The third-order valence-electron chi connectivity index (χ3n) is 4.03. The van der Waals surface area contributed by atoms with Gasteiger partial charge >= 0.3 is 0 Å². The number of ether oxygens (including phenoxy) is 2. The van der Waals surface area contributed by atoms with Gasteiger partial charge in [0.05, 0.1) is 30.5 Å². The highest BCUT2D eigenvalue weighted by atomic mass is 16.5. The van der Waals surface area contributed by atoms with Gasteiger partial charge in [0.15, 0.2) is 11.5 Å². The van der Waals surface area contributed by atoms with Crippen LogP contribution in [0.2, 0.25) is 0 Å². The van der Waals surface area contributed by atoms with Gasteiger partial charge in [-0.3, -0.25) is 4.79 Å². The summed E-state index contributed by atoms with van der Waals surface area (Å²) in [5, 5.41) is 22.8. The van der Waals surface area contributed by atoms with Crippen molar-refractivity contribution in [2.75, 3.05) is 26.1 Å². The van der Waals surface area contributed by atoms with Gasteiger partial charge in [-0.15, -0.1) is 0 Å². The van der Waals surface area contributed by atoms with E-state index in [1.54, 1.807) is 12.0 Å². The number of phenols is 1. The lowest BCUT2D eigenvalue weighted by atomic mass is 10.1. The van der Waals surface area contributed by atoms with Crippen LogP contribution in [0.4, 0.5) is 5.69 Å². The molecule has 114 valence electrons. The van der Waals surface area contributed by atoms with E-state index in [0.29, 0.717) is 17.7 Å². The fraction of sp³-hybridized carbons (Fsp3) is 0.500.